The molecule has 1 aliphatic rings. The zero-order valence-corrected chi connectivity index (χ0v) is 25.5. The average molecular weight is 583 g/mol. The van der Waals surface area contributed by atoms with Crippen LogP contribution in [0.15, 0.2) is 88.2 Å². The number of hydrogen-bond acceptors (Lipinski definition) is 7. The molecule has 0 fully saturated rings. The molecule has 8 heteroatoms. The average Bonchev–Trinajstić information content (AvgIpc) is 3.30. The summed E-state index contributed by atoms with van der Waals surface area (Å²) in [6.07, 6.45) is 1.87. The number of methoxy groups -OCH3 is 2. The number of benzene rings is 3. The van der Waals surface area contributed by atoms with E-state index in [-0.39, 0.29) is 23.2 Å². The zero-order valence-electron chi connectivity index (χ0n) is 24.6. The van der Waals surface area contributed by atoms with E-state index in [9.17, 15) is 9.59 Å². The van der Waals surface area contributed by atoms with Gasteiger partial charge in [-0.1, -0.05) is 92.8 Å². The first-order valence-electron chi connectivity index (χ1n) is 13.8. The van der Waals surface area contributed by atoms with Crippen LogP contribution >= 0.6 is 11.3 Å². The molecule has 4 aromatic rings. The quantitative estimate of drug-likeness (QED) is 0.278. The molecule has 0 bridgehead atoms. The van der Waals surface area contributed by atoms with Crippen LogP contribution in [0.1, 0.15) is 56.0 Å². The monoisotopic (exact) mass is 582 g/mol. The van der Waals surface area contributed by atoms with Crippen molar-refractivity contribution >= 4 is 29.1 Å². The van der Waals surface area contributed by atoms with Gasteiger partial charge in [-0.25, -0.2) is 9.79 Å². The Morgan fingerprint density at radius 2 is 1.67 bits per heavy atom. The van der Waals surface area contributed by atoms with Gasteiger partial charge >= 0.3 is 5.97 Å². The maximum Gasteiger partial charge on any atom is 0.338 e. The third-order valence-electron chi connectivity index (χ3n) is 7.17. The summed E-state index contributed by atoms with van der Waals surface area (Å²) in [6.45, 7) is 8.43. The molecule has 0 spiro atoms. The molecule has 0 amide bonds. The minimum absolute atomic E-state index is 0.0224. The van der Waals surface area contributed by atoms with Gasteiger partial charge in [0.05, 0.1) is 42.7 Å². The lowest BCUT2D eigenvalue weighted by molar-refractivity contribution is -0.138. The van der Waals surface area contributed by atoms with Crippen molar-refractivity contribution in [2.75, 3.05) is 20.8 Å². The molecule has 0 radical (unpaired) electrons. The fourth-order valence-electron chi connectivity index (χ4n) is 5.01. The van der Waals surface area contributed by atoms with Gasteiger partial charge in [-0.15, -0.1) is 0 Å². The van der Waals surface area contributed by atoms with Crippen molar-refractivity contribution < 1.29 is 19.0 Å². The number of rotatable bonds is 7. The predicted molar refractivity (Wildman–Crippen MR) is 166 cm³/mol. The van der Waals surface area contributed by atoms with Gasteiger partial charge in [-0.05, 0) is 47.2 Å². The number of esters is 1. The first-order valence-corrected chi connectivity index (χ1v) is 14.6. The first-order chi connectivity index (χ1) is 20.2. The Hall–Kier alpha value is -4.43. The van der Waals surface area contributed by atoms with Crippen molar-refractivity contribution in [1.29, 1.82) is 0 Å². The summed E-state index contributed by atoms with van der Waals surface area (Å²) in [5.74, 6) is 0.488. The van der Waals surface area contributed by atoms with Gasteiger partial charge in [0.2, 0.25) is 0 Å². The summed E-state index contributed by atoms with van der Waals surface area (Å²) in [6, 6.07) is 22.3. The molecule has 2 heterocycles. The van der Waals surface area contributed by atoms with Gasteiger partial charge in [0.15, 0.2) is 16.3 Å². The molecular formula is C34H34N2O5S. The van der Waals surface area contributed by atoms with Crippen molar-refractivity contribution in [1.82, 2.24) is 4.57 Å². The summed E-state index contributed by atoms with van der Waals surface area (Å²) in [5.41, 5.74) is 4.06. The van der Waals surface area contributed by atoms with E-state index in [1.54, 1.807) is 37.8 Å². The van der Waals surface area contributed by atoms with Crippen LogP contribution in [-0.4, -0.2) is 31.4 Å². The second-order valence-electron chi connectivity index (χ2n) is 10.9. The van der Waals surface area contributed by atoms with Crippen LogP contribution in [0.5, 0.6) is 11.5 Å². The molecule has 1 aliphatic heterocycles. The van der Waals surface area contributed by atoms with Crippen LogP contribution < -0.4 is 24.4 Å². The van der Waals surface area contributed by atoms with Gasteiger partial charge in [-0.3, -0.25) is 9.36 Å². The summed E-state index contributed by atoms with van der Waals surface area (Å²) in [5, 5.41) is 0. The summed E-state index contributed by atoms with van der Waals surface area (Å²) in [4.78, 5) is 33.2. The third-order valence-corrected chi connectivity index (χ3v) is 8.15. The Morgan fingerprint density at radius 3 is 2.29 bits per heavy atom. The van der Waals surface area contributed by atoms with Gasteiger partial charge in [0.25, 0.3) is 5.56 Å². The Balaban J connectivity index is 1.79. The molecule has 1 aromatic heterocycles. The largest absolute Gasteiger partial charge is 0.493 e. The molecule has 0 saturated carbocycles. The minimum atomic E-state index is -0.805. The van der Waals surface area contributed by atoms with E-state index in [2.05, 4.69) is 32.9 Å². The molecule has 0 saturated heterocycles. The Kier molecular flexibility index (Phi) is 8.18. The highest BCUT2D eigenvalue weighted by Crippen LogP contribution is 2.38. The number of hydrogen-bond donors (Lipinski definition) is 0. The summed E-state index contributed by atoms with van der Waals surface area (Å²) < 4.78 is 18.7. The first kappa shape index (κ1) is 29.1. The van der Waals surface area contributed by atoms with E-state index in [1.165, 1.54) is 16.9 Å². The third kappa shape index (κ3) is 5.54. The number of thiazole rings is 1. The van der Waals surface area contributed by atoms with E-state index in [0.29, 0.717) is 32.1 Å². The van der Waals surface area contributed by atoms with E-state index in [1.807, 2.05) is 54.6 Å². The highest BCUT2D eigenvalue weighted by atomic mass is 32.1. The molecule has 0 N–H and O–H groups in total. The van der Waals surface area contributed by atoms with E-state index >= 15 is 0 Å². The second-order valence-corrected chi connectivity index (χ2v) is 11.9. The molecule has 42 heavy (non-hydrogen) atoms. The summed E-state index contributed by atoms with van der Waals surface area (Å²) in [7, 11) is 3.11. The number of nitrogens with zero attached hydrogens (tertiary/aromatic N) is 2. The molecule has 0 unspecified atom stereocenters. The van der Waals surface area contributed by atoms with Gasteiger partial charge < -0.3 is 14.2 Å². The topological polar surface area (TPSA) is 79.1 Å². The Labute approximate surface area is 249 Å². The number of ether oxygens (including phenoxy) is 3. The Bertz CT molecular complexity index is 1830. The van der Waals surface area contributed by atoms with Crippen LogP contribution in [0.25, 0.3) is 11.8 Å². The van der Waals surface area contributed by atoms with Crippen LogP contribution in [0.2, 0.25) is 0 Å². The number of aromatic nitrogens is 1. The van der Waals surface area contributed by atoms with Crippen molar-refractivity contribution in [2.24, 2.45) is 4.99 Å². The van der Waals surface area contributed by atoms with Crippen LogP contribution in [-0.2, 0) is 14.9 Å². The predicted octanol–water partition coefficient (Wildman–Crippen LogP) is 5.25. The number of carbonyl (C=O) groups is 1. The van der Waals surface area contributed by atoms with Crippen LogP contribution in [0.3, 0.4) is 0 Å². The number of carbonyl (C=O) groups excluding carboxylic acids is 1. The van der Waals surface area contributed by atoms with Gasteiger partial charge in [0, 0.05) is 5.56 Å². The molecule has 0 aliphatic carbocycles. The van der Waals surface area contributed by atoms with Crippen molar-refractivity contribution in [3.63, 3.8) is 0 Å². The highest BCUT2D eigenvalue weighted by molar-refractivity contribution is 7.07. The molecule has 7 nitrogen and oxygen atoms in total. The van der Waals surface area contributed by atoms with E-state index < -0.39 is 12.0 Å². The highest BCUT2D eigenvalue weighted by Gasteiger charge is 2.35. The fraction of sp³-hybridized carbons (Fsp3) is 0.265. The molecule has 3 aromatic carbocycles. The zero-order chi connectivity index (χ0) is 30.0. The summed E-state index contributed by atoms with van der Waals surface area (Å²) >= 11 is 1.29. The SMILES string of the molecule is CCOC(=O)C1=C(c2ccccc2)N=c2s/c(=C\c3ccc(C(C)(C)C)cc3)c(=O)n2[C@H]1c1ccc(OC)c(OC)c1. The molecular weight excluding hydrogens is 548 g/mol. The fourth-order valence-corrected chi connectivity index (χ4v) is 6.01. The Morgan fingerprint density at radius 1 is 0.976 bits per heavy atom. The van der Waals surface area contributed by atoms with Gasteiger partial charge in [-0.2, -0.15) is 0 Å². The second kappa shape index (κ2) is 11.8. The number of fused-ring (bicyclic) bond motifs is 1. The maximum absolute atomic E-state index is 14.1. The standard InChI is InChI=1S/C34H34N2O5S/c1-7-41-32(38)28-29(22-11-9-8-10-12-22)35-33-36(30(28)23-15-18-25(39-5)26(20-23)40-6)31(37)27(42-33)19-21-13-16-24(17-14-21)34(2,3)4/h8-20,30H,7H2,1-6H3/b27-19-/t30-/m0/s1. The van der Waals surface area contributed by atoms with Crippen molar-refractivity contribution in [3.8, 4) is 11.5 Å². The van der Waals surface area contributed by atoms with Crippen LogP contribution in [0, 0.1) is 0 Å². The van der Waals surface area contributed by atoms with Crippen molar-refractivity contribution in [2.45, 2.75) is 39.2 Å². The van der Waals surface area contributed by atoms with E-state index in [4.69, 9.17) is 19.2 Å². The van der Waals surface area contributed by atoms with Gasteiger partial charge in [0.1, 0.15) is 0 Å². The van der Waals surface area contributed by atoms with Crippen molar-refractivity contribution in [3.05, 3.63) is 120 Å². The lowest BCUT2D eigenvalue weighted by Crippen LogP contribution is -2.40. The molecule has 5 rings (SSSR count). The van der Waals surface area contributed by atoms with E-state index in [0.717, 1.165) is 11.1 Å². The lowest BCUT2D eigenvalue weighted by Gasteiger charge is -2.26. The normalized spacial score (nSPS) is 15.2. The smallest absolute Gasteiger partial charge is 0.338 e. The molecule has 1 atom stereocenters. The maximum atomic E-state index is 14.1. The van der Waals surface area contributed by atoms with Crippen LogP contribution in [0.4, 0.5) is 0 Å². The lowest BCUT2D eigenvalue weighted by atomic mass is 9.87. The molecule has 216 valence electrons. The minimum Gasteiger partial charge on any atom is -0.493 e.